The number of hydrogen-bond donors (Lipinski definition) is 1. The van der Waals surface area contributed by atoms with E-state index < -0.39 is 18.3 Å². The molecule has 35 heavy (non-hydrogen) atoms. The molecule has 2 aliphatic rings. The molecule has 4 rings (SSSR count). The first kappa shape index (κ1) is 25.6. The lowest BCUT2D eigenvalue weighted by molar-refractivity contribution is -0.357. The molecule has 1 amide bonds. The van der Waals surface area contributed by atoms with Crippen LogP contribution >= 0.6 is 11.6 Å². The molecule has 1 aromatic heterocycles. The molecule has 0 radical (unpaired) electrons. The fourth-order valence-corrected chi connectivity index (χ4v) is 4.20. The Kier molecular flexibility index (Phi) is 8.12. The second-order valence-corrected chi connectivity index (χ2v) is 9.01. The molecule has 0 aliphatic heterocycles. The third-order valence-corrected chi connectivity index (χ3v) is 6.29. The maximum atomic E-state index is 13.4. The van der Waals surface area contributed by atoms with Gasteiger partial charge in [0.05, 0.1) is 17.2 Å². The van der Waals surface area contributed by atoms with E-state index >= 15 is 0 Å². The van der Waals surface area contributed by atoms with Crippen molar-refractivity contribution in [3.8, 4) is 5.75 Å². The van der Waals surface area contributed by atoms with Crippen LogP contribution in [0.15, 0.2) is 22.6 Å². The molecule has 2 fully saturated rings. The van der Waals surface area contributed by atoms with E-state index in [4.69, 9.17) is 25.5 Å². The summed E-state index contributed by atoms with van der Waals surface area (Å²) < 4.78 is 70.3. The Morgan fingerprint density at radius 1 is 1.14 bits per heavy atom. The molecule has 0 atom stereocenters. The van der Waals surface area contributed by atoms with Crippen LogP contribution in [-0.4, -0.2) is 47.3 Å². The second kappa shape index (κ2) is 11.1. The van der Waals surface area contributed by atoms with Gasteiger partial charge in [0, 0.05) is 30.9 Å². The number of nitrogens with one attached hydrogen (secondary N) is 1. The Morgan fingerprint density at radius 2 is 1.89 bits per heavy atom. The van der Waals surface area contributed by atoms with Gasteiger partial charge in [-0.3, -0.25) is 9.53 Å². The molecule has 1 aromatic carbocycles. The van der Waals surface area contributed by atoms with Gasteiger partial charge in [0.15, 0.2) is 6.61 Å². The number of hydrogen-bond acceptors (Lipinski definition) is 7. The zero-order valence-electron chi connectivity index (χ0n) is 18.5. The van der Waals surface area contributed by atoms with Gasteiger partial charge in [0.2, 0.25) is 11.8 Å². The largest absolute Gasteiger partial charge is 0.522 e. The average molecular weight is 522 g/mol. The van der Waals surface area contributed by atoms with Crippen LogP contribution < -0.4 is 10.1 Å². The van der Waals surface area contributed by atoms with Gasteiger partial charge in [0.25, 0.3) is 5.91 Å². The number of carbonyl (C=O) groups excluding carboxylic acids is 1. The van der Waals surface area contributed by atoms with Crippen LogP contribution in [0.25, 0.3) is 0 Å². The quantitative estimate of drug-likeness (QED) is 0.479. The fourth-order valence-electron chi connectivity index (χ4n) is 4.09. The van der Waals surface area contributed by atoms with Crippen molar-refractivity contribution in [2.45, 2.75) is 75.7 Å². The van der Waals surface area contributed by atoms with Crippen molar-refractivity contribution in [3.63, 3.8) is 0 Å². The van der Waals surface area contributed by atoms with Crippen molar-refractivity contribution < 1.29 is 41.0 Å². The first-order valence-electron chi connectivity index (χ1n) is 11.2. The average Bonchev–Trinajstić information content (AvgIpc) is 3.25. The molecular formula is C22H24ClF4N3O5. The molecule has 2 aliphatic carbocycles. The van der Waals surface area contributed by atoms with Gasteiger partial charge in [-0.25, -0.2) is 4.39 Å². The van der Waals surface area contributed by atoms with Crippen LogP contribution in [0.4, 0.5) is 17.6 Å². The topological polar surface area (TPSA) is 95.7 Å². The van der Waals surface area contributed by atoms with Gasteiger partial charge in [0.1, 0.15) is 18.2 Å². The zero-order valence-corrected chi connectivity index (χ0v) is 19.3. The summed E-state index contributed by atoms with van der Waals surface area (Å²) in [6, 6.07) is 3.94. The number of aromatic nitrogens is 2. The maximum absolute atomic E-state index is 13.4. The van der Waals surface area contributed by atoms with Crippen molar-refractivity contribution in [1.82, 2.24) is 15.5 Å². The zero-order chi connectivity index (χ0) is 25.0. The minimum atomic E-state index is -4.63. The Hall–Kier alpha value is -2.44. The van der Waals surface area contributed by atoms with Crippen molar-refractivity contribution in [3.05, 3.63) is 40.8 Å². The Morgan fingerprint density at radius 3 is 2.57 bits per heavy atom. The van der Waals surface area contributed by atoms with Crippen LogP contribution in [0.3, 0.4) is 0 Å². The second-order valence-electron chi connectivity index (χ2n) is 8.60. The molecule has 8 nitrogen and oxygen atoms in total. The van der Waals surface area contributed by atoms with E-state index in [1.54, 1.807) is 0 Å². The third kappa shape index (κ3) is 7.52. The number of amides is 1. The molecule has 0 bridgehead atoms. The number of halogens is 5. The van der Waals surface area contributed by atoms with Crippen molar-refractivity contribution in [2.24, 2.45) is 0 Å². The molecule has 0 spiro atoms. The summed E-state index contributed by atoms with van der Waals surface area (Å²) in [5.74, 6) is 0.0881. The van der Waals surface area contributed by atoms with Gasteiger partial charge in [-0.2, -0.15) is 0 Å². The lowest BCUT2D eigenvalue weighted by Crippen LogP contribution is -2.40. The lowest BCUT2D eigenvalue weighted by atomic mass is 9.86. The van der Waals surface area contributed by atoms with Gasteiger partial charge in [-0.15, -0.1) is 23.4 Å². The summed E-state index contributed by atoms with van der Waals surface area (Å²) in [6.45, 7) is -0.211. The van der Waals surface area contributed by atoms with E-state index in [2.05, 4.69) is 20.3 Å². The summed E-state index contributed by atoms with van der Waals surface area (Å²) in [7, 11) is 0. The predicted molar refractivity (Wildman–Crippen MR) is 113 cm³/mol. The van der Waals surface area contributed by atoms with Gasteiger partial charge >= 0.3 is 6.36 Å². The smallest absolute Gasteiger partial charge is 0.484 e. The monoisotopic (exact) mass is 521 g/mol. The van der Waals surface area contributed by atoms with E-state index in [0.717, 1.165) is 18.9 Å². The number of rotatable bonds is 9. The summed E-state index contributed by atoms with van der Waals surface area (Å²) >= 11 is 5.62. The standard InChI is InChI=1S/C22H24ClF4N3O5/c23-17-6-5-14(9-18(17)24)32-10-19(31)28-13-3-1-12(2-4-13)21-30-29-20(34-21)11-33-15-7-16(8-15)35-22(25,26)27/h5-6,9,12-13,15-16H,1-4,7-8,10-11H2,(H,28,31). The molecule has 1 N–H and O–H groups in total. The van der Waals surface area contributed by atoms with E-state index in [0.29, 0.717) is 18.7 Å². The molecular weight excluding hydrogens is 498 g/mol. The van der Waals surface area contributed by atoms with Gasteiger partial charge in [-0.05, 0) is 37.8 Å². The molecule has 0 saturated heterocycles. The highest BCUT2D eigenvalue weighted by atomic mass is 35.5. The Bertz CT molecular complexity index is 1010. The molecule has 2 aromatic rings. The van der Waals surface area contributed by atoms with Gasteiger partial charge < -0.3 is 19.2 Å². The van der Waals surface area contributed by atoms with Crippen molar-refractivity contribution >= 4 is 17.5 Å². The van der Waals surface area contributed by atoms with Crippen molar-refractivity contribution in [1.29, 1.82) is 0 Å². The maximum Gasteiger partial charge on any atom is 0.522 e. The molecule has 192 valence electrons. The summed E-state index contributed by atoms with van der Waals surface area (Å²) in [6.07, 6.45) is -2.63. The molecule has 2 saturated carbocycles. The van der Waals surface area contributed by atoms with Crippen LogP contribution in [0, 0.1) is 5.82 Å². The number of alkyl halides is 3. The number of nitrogens with zero attached hydrogens (tertiary/aromatic N) is 2. The minimum absolute atomic E-state index is 0.0223. The summed E-state index contributed by atoms with van der Waals surface area (Å²) in [5.41, 5.74) is 0. The first-order valence-corrected chi connectivity index (χ1v) is 11.6. The number of carbonyl (C=O) groups is 1. The SMILES string of the molecule is O=C(COc1ccc(Cl)c(F)c1)NC1CCC(c2nnc(COC3CC(OC(F)(F)F)C3)o2)CC1. The van der Waals surface area contributed by atoms with E-state index in [-0.39, 0.29) is 66.7 Å². The minimum Gasteiger partial charge on any atom is -0.484 e. The molecule has 13 heteroatoms. The van der Waals surface area contributed by atoms with Gasteiger partial charge in [-0.1, -0.05) is 11.6 Å². The fraction of sp³-hybridized carbons (Fsp3) is 0.591. The van der Waals surface area contributed by atoms with Crippen molar-refractivity contribution in [2.75, 3.05) is 6.61 Å². The highest BCUT2D eigenvalue weighted by Gasteiger charge is 2.40. The van der Waals surface area contributed by atoms with E-state index in [1.165, 1.54) is 12.1 Å². The number of ether oxygens (including phenoxy) is 3. The summed E-state index contributed by atoms with van der Waals surface area (Å²) in [5, 5.41) is 10.9. The predicted octanol–water partition coefficient (Wildman–Crippen LogP) is 4.67. The first-order chi connectivity index (χ1) is 16.6. The van der Waals surface area contributed by atoms with Crippen LogP contribution in [0.2, 0.25) is 5.02 Å². The van der Waals surface area contributed by atoms with E-state index in [9.17, 15) is 22.4 Å². The van der Waals surface area contributed by atoms with Crippen LogP contribution in [0.5, 0.6) is 5.75 Å². The number of benzene rings is 1. The molecule has 0 unspecified atom stereocenters. The summed E-state index contributed by atoms with van der Waals surface area (Å²) in [4.78, 5) is 12.2. The van der Waals surface area contributed by atoms with Crippen LogP contribution in [0.1, 0.15) is 56.2 Å². The molecule has 1 heterocycles. The highest BCUT2D eigenvalue weighted by molar-refractivity contribution is 6.30. The Balaban J connectivity index is 1.13. The van der Waals surface area contributed by atoms with Crippen LogP contribution in [-0.2, 0) is 20.9 Å². The lowest BCUT2D eigenvalue weighted by Gasteiger charge is -2.34. The Labute approximate surface area is 203 Å². The highest BCUT2D eigenvalue weighted by Crippen LogP contribution is 2.34. The third-order valence-electron chi connectivity index (χ3n) is 5.98. The van der Waals surface area contributed by atoms with E-state index in [1.807, 2.05) is 0 Å². The normalized spacial score (nSPS) is 24.6.